The van der Waals surface area contributed by atoms with Crippen LogP contribution in [0, 0.1) is 0 Å². The van der Waals surface area contributed by atoms with Crippen molar-refractivity contribution in [2.24, 2.45) is 0 Å². The van der Waals surface area contributed by atoms with E-state index in [1.165, 1.54) is 36.9 Å². The molecule has 0 bridgehead atoms. The van der Waals surface area contributed by atoms with Gasteiger partial charge in [-0.2, -0.15) is 0 Å². The Hall–Kier alpha value is -5.00. The Morgan fingerprint density at radius 3 is 1.70 bits per heavy atom. The van der Waals surface area contributed by atoms with Gasteiger partial charge in [-0.25, -0.2) is 0 Å². The fourth-order valence-corrected chi connectivity index (χ4v) is 9.25. The van der Waals surface area contributed by atoms with E-state index in [-0.39, 0.29) is 23.0 Å². The molecule has 0 saturated heterocycles. The van der Waals surface area contributed by atoms with E-state index in [2.05, 4.69) is 176 Å². The van der Waals surface area contributed by atoms with Gasteiger partial charge in [0, 0.05) is 32.3 Å². The van der Waals surface area contributed by atoms with Crippen LogP contribution in [-0.4, -0.2) is 6.71 Å². The van der Waals surface area contributed by atoms with Crippen molar-refractivity contribution in [3.8, 4) is 23.0 Å². The second-order valence-corrected chi connectivity index (χ2v) is 18.9. The minimum atomic E-state index is -0.0637. The van der Waals surface area contributed by atoms with E-state index >= 15 is 0 Å². The van der Waals surface area contributed by atoms with Crippen LogP contribution in [0.15, 0.2) is 115 Å². The summed E-state index contributed by atoms with van der Waals surface area (Å²) in [7, 11) is 0. The first-order valence-electron chi connectivity index (χ1n) is 18.8. The second kappa shape index (κ2) is 11.8. The van der Waals surface area contributed by atoms with Crippen LogP contribution in [0.4, 0.5) is 17.1 Å². The van der Waals surface area contributed by atoms with Crippen LogP contribution < -0.4 is 30.8 Å². The van der Waals surface area contributed by atoms with Crippen LogP contribution in [-0.2, 0) is 16.2 Å². The molecule has 5 heteroatoms. The predicted molar refractivity (Wildman–Crippen MR) is 228 cm³/mol. The Morgan fingerprint density at radius 2 is 1.09 bits per heavy atom. The normalized spacial score (nSPS) is 13.6. The zero-order valence-corrected chi connectivity index (χ0v) is 33.0. The molecule has 0 radical (unpaired) electrons. The summed E-state index contributed by atoms with van der Waals surface area (Å²) in [6.07, 6.45) is 0. The van der Waals surface area contributed by atoms with Gasteiger partial charge >= 0.3 is 0 Å². The maximum Gasteiger partial charge on any atom is 0.260 e. The summed E-state index contributed by atoms with van der Waals surface area (Å²) >= 11 is 1.85. The number of ether oxygens (including phenoxy) is 2. The highest BCUT2D eigenvalue weighted by atomic mass is 32.1. The largest absolute Gasteiger partial charge is 0.458 e. The average molecular weight is 712 g/mol. The van der Waals surface area contributed by atoms with Crippen LogP contribution in [0.25, 0.3) is 20.2 Å². The number of nitrogens with zero attached hydrogens (tertiary/aromatic N) is 1. The lowest BCUT2D eigenvalue weighted by atomic mass is 9.34. The predicted octanol–water partition coefficient (Wildman–Crippen LogP) is 12.1. The monoisotopic (exact) mass is 711 g/mol. The topological polar surface area (TPSA) is 21.7 Å². The summed E-state index contributed by atoms with van der Waals surface area (Å²) in [5, 5.41) is 2.38. The molecule has 0 saturated carbocycles. The molecule has 2 aliphatic rings. The molecular weight excluding hydrogens is 665 g/mol. The van der Waals surface area contributed by atoms with Gasteiger partial charge in [-0.15, -0.1) is 11.3 Å². The van der Waals surface area contributed by atoms with Crippen molar-refractivity contribution in [1.82, 2.24) is 0 Å². The third-order valence-corrected chi connectivity index (χ3v) is 12.3. The van der Waals surface area contributed by atoms with Gasteiger partial charge in [0.25, 0.3) is 6.71 Å². The van der Waals surface area contributed by atoms with E-state index in [1.807, 2.05) is 17.4 Å². The minimum Gasteiger partial charge on any atom is -0.458 e. The average Bonchev–Trinajstić information content (AvgIpc) is 3.51. The minimum absolute atomic E-state index is 0.0171. The fraction of sp³-hybridized carbons (Fsp3) is 0.250. The van der Waals surface area contributed by atoms with E-state index in [9.17, 15) is 0 Å². The lowest BCUT2D eigenvalue weighted by molar-refractivity contribution is 0.466. The number of benzene rings is 6. The lowest BCUT2D eigenvalue weighted by Gasteiger charge is -2.35. The molecule has 0 atom stereocenters. The zero-order valence-electron chi connectivity index (χ0n) is 32.2. The van der Waals surface area contributed by atoms with E-state index in [0.29, 0.717) is 0 Å². The van der Waals surface area contributed by atoms with Crippen molar-refractivity contribution in [3.63, 3.8) is 0 Å². The van der Waals surface area contributed by atoms with Crippen molar-refractivity contribution in [2.45, 2.75) is 78.6 Å². The van der Waals surface area contributed by atoms with Gasteiger partial charge in [0.05, 0.1) is 10.4 Å². The van der Waals surface area contributed by atoms with E-state index in [4.69, 9.17) is 9.47 Å². The van der Waals surface area contributed by atoms with Gasteiger partial charge in [-0.05, 0) is 98.5 Å². The maximum absolute atomic E-state index is 7.08. The number of rotatable bonds is 3. The number of fused-ring (bicyclic) bond motifs is 8. The third kappa shape index (κ3) is 5.55. The Morgan fingerprint density at radius 1 is 0.528 bits per heavy atom. The first-order valence-corrected chi connectivity index (χ1v) is 19.6. The quantitative estimate of drug-likeness (QED) is 0.170. The molecule has 7 aromatic rings. The molecule has 1 aromatic heterocycles. The van der Waals surface area contributed by atoms with Crippen molar-refractivity contribution in [3.05, 3.63) is 132 Å². The summed E-state index contributed by atoms with van der Waals surface area (Å²) in [5.74, 6) is 3.57. The molecule has 264 valence electrons. The number of hydrogen-bond acceptors (Lipinski definition) is 4. The molecule has 3 heterocycles. The SMILES string of the molecule is CC(C)(C)c1ccc(N(c2ccc(C(C)(C)C)cc2)c2cc3c(c4c2sc2ccccc24)Oc2cccc4c2B3c2cc(C(C)(C)C)ccc2O4)cc1. The van der Waals surface area contributed by atoms with E-state index in [0.717, 1.165) is 56.4 Å². The summed E-state index contributed by atoms with van der Waals surface area (Å²) in [5.41, 5.74) is 10.8. The fourth-order valence-electron chi connectivity index (χ4n) is 8.04. The van der Waals surface area contributed by atoms with Crippen molar-refractivity contribution >= 4 is 71.7 Å². The van der Waals surface area contributed by atoms with Crippen LogP contribution in [0.3, 0.4) is 0 Å². The molecule has 6 aromatic carbocycles. The number of thiophene rings is 1. The van der Waals surface area contributed by atoms with Crippen molar-refractivity contribution < 1.29 is 9.47 Å². The molecule has 0 amide bonds. The van der Waals surface area contributed by atoms with Gasteiger partial charge in [0.1, 0.15) is 23.0 Å². The van der Waals surface area contributed by atoms with Crippen LogP contribution >= 0.6 is 11.3 Å². The Kier molecular flexibility index (Phi) is 7.50. The summed E-state index contributed by atoms with van der Waals surface area (Å²) < 4.78 is 16.2. The molecular formula is C48H46BNO2S. The smallest absolute Gasteiger partial charge is 0.260 e. The van der Waals surface area contributed by atoms with Crippen molar-refractivity contribution in [1.29, 1.82) is 0 Å². The molecule has 2 aliphatic heterocycles. The van der Waals surface area contributed by atoms with Crippen molar-refractivity contribution in [2.75, 3.05) is 4.90 Å². The highest BCUT2D eigenvalue weighted by Crippen LogP contribution is 2.50. The third-order valence-electron chi connectivity index (χ3n) is 11.1. The Labute approximate surface area is 318 Å². The maximum atomic E-state index is 7.08. The molecule has 53 heavy (non-hydrogen) atoms. The van der Waals surface area contributed by atoms with Gasteiger partial charge in [-0.1, -0.05) is 123 Å². The first kappa shape index (κ1) is 33.8. The van der Waals surface area contributed by atoms with Gasteiger partial charge in [-0.3, -0.25) is 0 Å². The first-order chi connectivity index (χ1) is 25.2. The molecule has 0 aliphatic carbocycles. The highest BCUT2D eigenvalue weighted by molar-refractivity contribution is 7.26. The van der Waals surface area contributed by atoms with Gasteiger partial charge < -0.3 is 14.4 Å². The molecule has 0 N–H and O–H groups in total. The zero-order chi connectivity index (χ0) is 37.0. The van der Waals surface area contributed by atoms with Crippen LogP contribution in [0.1, 0.15) is 79.0 Å². The van der Waals surface area contributed by atoms with Gasteiger partial charge in [0.2, 0.25) is 0 Å². The highest BCUT2D eigenvalue weighted by Gasteiger charge is 2.42. The summed E-state index contributed by atoms with van der Waals surface area (Å²) in [6.45, 7) is 20.4. The lowest BCUT2D eigenvalue weighted by Crippen LogP contribution is -2.57. The van der Waals surface area contributed by atoms with Gasteiger partial charge in [0.15, 0.2) is 0 Å². The molecule has 0 fully saturated rings. The summed E-state index contributed by atoms with van der Waals surface area (Å²) in [4.78, 5) is 2.46. The standard InChI is InChI=1S/C48H46BNO2S/c1-46(2,3)29-17-22-32(23-18-29)50(33-24-19-30(20-25-33)47(4,5)6)37-28-36-44(42-34-13-10-11-16-41(34)53-45(37)42)52-40-15-12-14-39-43(40)49(36)35-27-31(48(7,8)9)21-26-38(35)51-39/h10-28H,1-9H3. The van der Waals surface area contributed by atoms with E-state index in [1.54, 1.807) is 0 Å². The molecule has 0 unspecified atom stereocenters. The number of anilines is 3. The molecule has 3 nitrogen and oxygen atoms in total. The Balaban J connectivity index is 1.37. The van der Waals surface area contributed by atoms with E-state index < -0.39 is 0 Å². The Bertz CT molecular complexity index is 2510. The van der Waals surface area contributed by atoms with Crippen LogP contribution in [0.5, 0.6) is 23.0 Å². The number of hydrogen-bond donors (Lipinski definition) is 0. The summed E-state index contributed by atoms with van der Waals surface area (Å²) in [6, 6.07) is 42.5. The second-order valence-electron chi connectivity index (χ2n) is 17.9. The molecule has 9 rings (SSSR count). The molecule has 0 spiro atoms. The van der Waals surface area contributed by atoms with Crippen LogP contribution in [0.2, 0.25) is 0 Å².